The first-order valence-corrected chi connectivity index (χ1v) is 7.31. The molecule has 3 rings (SSSR count). The van der Waals surface area contributed by atoms with Gasteiger partial charge in [-0.3, -0.25) is 0 Å². The maximum Gasteiger partial charge on any atom is 0.128 e. The van der Waals surface area contributed by atoms with Crippen LogP contribution in [0.4, 0.5) is 10.1 Å². The van der Waals surface area contributed by atoms with Crippen LogP contribution in [-0.2, 0) is 6.42 Å². The summed E-state index contributed by atoms with van der Waals surface area (Å²) in [5, 5.41) is 4.12. The van der Waals surface area contributed by atoms with E-state index in [2.05, 4.69) is 21.2 Å². The Hall–Kier alpha value is -1.06. The zero-order valence-corrected chi connectivity index (χ0v) is 12.4. The fraction of sp³-hybridized carbons (Fsp3) is 0.200. The van der Waals surface area contributed by atoms with E-state index in [9.17, 15) is 4.39 Å². The van der Waals surface area contributed by atoms with Crippen LogP contribution in [0.3, 0.4) is 0 Å². The monoisotopic (exact) mass is 339 g/mol. The third kappa shape index (κ3) is 2.49. The van der Waals surface area contributed by atoms with Crippen molar-refractivity contribution in [1.29, 1.82) is 0 Å². The number of hydrogen-bond acceptors (Lipinski definition) is 1. The van der Waals surface area contributed by atoms with Gasteiger partial charge >= 0.3 is 0 Å². The molecule has 0 saturated carbocycles. The van der Waals surface area contributed by atoms with Crippen molar-refractivity contribution in [3.63, 3.8) is 0 Å². The number of anilines is 1. The van der Waals surface area contributed by atoms with Gasteiger partial charge in [-0.2, -0.15) is 0 Å². The number of fused-ring (bicyclic) bond motifs is 1. The number of nitrogens with one attached hydrogen (secondary N) is 1. The van der Waals surface area contributed by atoms with Gasteiger partial charge in [-0.15, -0.1) is 0 Å². The van der Waals surface area contributed by atoms with Crippen molar-refractivity contribution in [3.05, 3.63) is 62.8 Å². The summed E-state index contributed by atoms with van der Waals surface area (Å²) in [6, 6.07) is 10.7. The van der Waals surface area contributed by atoms with Crippen LogP contribution >= 0.6 is 27.5 Å². The first-order valence-electron chi connectivity index (χ1n) is 6.14. The predicted octanol–water partition coefficient (Wildman–Crippen LogP) is 5.34. The van der Waals surface area contributed by atoms with Crippen LogP contribution in [0.15, 0.2) is 40.9 Å². The first kappa shape index (κ1) is 12.9. The van der Waals surface area contributed by atoms with Crippen LogP contribution in [-0.4, -0.2) is 0 Å². The summed E-state index contributed by atoms with van der Waals surface area (Å²) in [4.78, 5) is 0. The van der Waals surface area contributed by atoms with Gasteiger partial charge in [-0.25, -0.2) is 4.39 Å². The van der Waals surface area contributed by atoms with Gasteiger partial charge in [0.15, 0.2) is 0 Å². The molecule has 0 aromatic heterocycles. The average molecular weight is 341 g/mol. The van der Waals surface area contributed by atoms with E-state index in [-0.39, 0.29) is 11.9 Å². The van der Waals surface area contributed by atoms with E-state index in [1.54, 1.807) is 6.07 Å². The molecule has 0 radical (unpaired) electrons. The average Bonchev–Trinajstić information content (AvgIpc) is 2.39. The van der Waals surface area contributed by atoms with Crippen LogP contribution < -0.4 is 5.32 Å². The molecule has 0 bridgehead atoms. The third-order valence-corrected chi connectivity index (χ3v) is 4.28. The van der Waals surface area contributed by atoms with Gasteiger partial charge in [-0.05, 0) is 52.5 Å². The molecule has 1 aliphatic rings. The van der Waals surface area contributed by atoms with Crippen molar-refractivity contribution >= 4 is 33.2 Å². The summed E-state index contributed by atoms with van der Waals surface area (Å²) in [7, 11) is 0. The molecular formula is C15H12BrClFN. The lowest BCUT2D eigenvalue weighted by Crippen LogP contribution is -2.19. The number of benzene rings is 2. The minimum atomic E-state index is -0.159. The molecule has 1 atom stereocenters. The summed E-state index contributed by atoms with van der Waals surface area (Å²) in [6.45, 7) is 0. The minimum Gasteiger partial charge on any atom is -0.377 e. The highest BCUT2D eigenvalue weighted by molar-refractivity contribution is 9.10. The van der Waals surface area contributed by atoms with E-state index in [0.717, 1.165) is 33.6 Å². The van der Waals surface area contributed by atoms with Gasteiger partial charge in [0.1, 0.15) is 5.82 Å². The van der Waals surface area contributed by atoms with Crippen molar-refractivity contribution in [2.24, 2.45) is 0 Å². The van der Waals surface area contributed by atoms with Gasteiger partial charge in [0.2, 0.25) is 0 Å². The Bertz CT molecular complexity index is 630. The van der Waals surface area contributed by atoms with Crippen molar-refractivity contribution in [1.82, 2.24) is 0 Å². The molecule has 1 heterocycles. The molecule has 0 saturated heterocycles. The fourth-order valence-corrected chi connectivity index (χ4v) is 3.51. The molecule has 0 spiro atoms. The maximum absolute atomic E-state index is 13.8. The van der Waals surface area contributed by atoms with E-state index >= 15 is 0 Å². The van der Waals surface area contributed by atoms with Gasteiger partial charge in [0, 0.05) is 15.1 Å². The summed E-state index contributed by atoms with van der Waals surface area (Å²) in [6.07, 6.45) is 1.75. The predicted molar refractivity (Wildman–Crippen MR) is 80.2 cm³/mol. The molecular weight excluding hydrogens is 329 g/mol. The third-order valence-electron chi connectivity index (χ3n) is 3.44. The largest absolute Gasteiger partial charge is 0.377 e. The maximum atomic E-state index is 13.8. The molecule has 1 unspecified atom stereocenters. The van der Waals surface area contributed by atoms with Gasteiger partial charge in [0.05, 0.1) is 11.7 Å². The van der Waals surface area contributed by atoms with Crippen LogP contribution in [0.5, 0.6) is 0 Å². The molecule has 2 aromatic rings. The Balaban J connectivity index is 1.97. The zero-order valence-electron chi connectivity index (χ0n) is 10.1. The van der Waals surface area contributed by atoms with Crippen LogP contribution in [0.25, 0.3) is 0 Å². The zero-order chi connectivity index (χ0) is 13.4. The summed E-state index contributed by atoms with van der Waals surface area (Å²) >= 11 is 9.55. The highest BCUT2D eigenvalue weighted by Crippen LogP contribution is 2.39. The molecule has 0 aliphatic carbocycles. The van der Waals surface area contributed by atoms with Crippen LogP contribution in [0.1, 0.15) is 23.6 Å². The molecule has 98 valence electrons. The van der Waals surface area contributed by atoms with E-state index in [4.69, 9.17) is 11.6 Å². The second-order valence-corrected chi connectivity index (χ2v) is 5.97. The smallest absolute Gasteiger partial charge is 0.128 e. The summed E-state index contributed by atoms with van der Waals surface area (Å²) < 4.78 is 14.8. The lowest BCUT2D eigenvalue weighted by atomic mass is 9.93. The van der Waals surface area contributed by atoms with Gasteiger partial charge in [0.25, 0.3) is 0 Å². The lowest BCUT2D eigenvalue weighted by molar-refractivity contribution is 0.572. The SMILES string of the molecule is Fc1ccccc1C1CCc2cc(Cl)cc(Br)c2N1. The second kappa shape index (κ2) is 5.14. The summed E-state index contributed by atoms with van der Waals surface area (Å²) in [5.74, 6) is -0.159. The van der Waals surface area contributed by atoms with Crippen LogP contribution in [0, 0.1) is 5.82 Å². The molecule has 0 amide bonds. The van der Waals surface area contributed by atoms with Crippen molar-refractivity contribution in [3.8, 4) is 0 Å². The molecule has 1 aliphatic heterocycles. The van der Waals surface area contributed by atoms with E-state index in [1.807, 2.05) is 24.3 Å². The standard InChI is InChI=1S/C15H12BrClFN/c16-12-8-10(17)7-9-5-6-14(19-15(9)12)11-3-1-2-4-13(11)18/h1-4,7-8,14,19H,5-6H2. The van der Waals surface area contributed by atoms with Crippen molar-refractivity contribution in [2.45, 2.75) is 18.9 Å². The topological polar surface area (TPSA) is 12.0 Å². The Morgan fingerprint density at radius 3 is 2.84 bits per heavy atom. The van der Waals surface area contributed by atoms with Crippen molar-refractivity contribution < 1.29 is 4.39 Å². The Labute approximate surface area is 124 Å². The first-order chi connectivity index (χ1) is 9.15. The summed E-state index contributed by atoms with van der Waals surface area (Å²) in [5.41, 5.74) is 2.91. The molecule has 1 nitrogen and oxygen atoms in total. The van der Waals surface area contributed by atoms with Gasteiger partial charge in [-0.1, -0.05) is 29.8 Å². The molecule has 2 aromatic carbocycles. The Morgan fingerprint density at radius 2 is 2.05 bits per heavy atom. The highest BCUT2D eigenvalue weighted by Gasteiger charge is 2.23. The highest BCUT2D eigenvalue weighted by atomic mass is 79.9. The van der Waals surface area contributed by atoms with Crippen LogP contribution in [0.2, 0.25) is 5.02 Å². The minimum absolute atomic E-state index is 0.00572. The van der Waals surface area contributed by atoms with E-state index < -0.39 is 0 Å². The number of halogens is 3. The molecule has 0 fully saturated rings. The molecule has 19 heavy (non-hydrogen) atoms. The van der Waals surface area contributed by atoms with E-state index in [0.29, 0.717) is 0 Å². The fourth-order valence-electron chi connectivity index (χ4n) is 2.52. The number of hydrogen-bond donors (Lipinski definition) is 1. The Kier molecular flexibility index (Phi) is 3.50. The second-order valence-electron chi connectivity index (χ2n) is 4.68. The quantitative estimate of drug-likeness (QED) is 0.739. The molecule has 1 N–H and O–H groups in total. The molecule has 4 heteroatoms. The van der Waals surface area contributed by atoms with E-state index in [1.165, 1.54) is 11.6 Å². The normalized spacial score (nSPS) is 17.7. The van der Waals surface area contributed by atoms with Crippen molar-refractivity contribution in [2.75, 3.05) is 5.32 Å². The lowest BCUT2D eigenvalue weighted by Gasteiger charge is -2.28. The Morgan fingerprint density at radius 1 is 1.26 bits per heavy atom. The number of aryl methyl sites for hydroxylation is 1. The van der Waals surface area contributed by atoms with Gasteiger partial charge < -0.3 is 5.32 Å². The number of rotatable bonds is 1.